The number of hydrogen-bond acceptors (Lipinski definition) is 3. The molecule has 1 aromatic rings. The van der Waals surface area contributed by atoms with E-state index in [2.05, 4.69) is 19.2 Å². The molecule has 1 unspecified atom stereocenters. The lowest BCUT2D eigenvalue weighted by atomic mass is 9.92. The van der Waals surface area contributed by atoms with E-state index in [9.17, 15) is 9.90 Å². The molecule has 1 atom stereocenters. The van der Waals surface area contributed by atoms with Crippen LogP contribution in [0.15, 0.2) is 18.2 Å². The number of carboxylic acids is 1. The standard InChI is InChI=1S/C15H21NO3/c1-15(2)7-6-10(9-15)16-13-8-11(19-3)4-5-12(13)14(17)18/h4-5,8,10,16H,6-7,9H2,1-3H3,(H,17,18). The molecular weight excluding hydrogens is 242 g/mol. The molecule has 0 radical (unpaired) electrons. The third kappa shape index (κ3) is 3.19. The molecule has 1 aliphatic rings. The Labute approximate surface area is 113 Å². The van der Waals surface area contributed by atoms with Crippen molar-refractivity contribution < 1.29 is 14.6 Å². The summed E-state index contributed by atoms with van der Waals surface area (Å²) in [5, 5.41) is 12.6. The minimum atomic E-state index is -0.914. The van der Waals surface area contributed by atoms with Crippen molar-refractivity contribution in [3.05, 3.63) is 23.8 Å². The number of hydrogen-bond donors (Lipinski definition) is 2. The Morgan fingerprint density at radius 1 is 1.47 bits per heavy atom. The molecular formula is C15H21NO3. The summed E-state index contributed by atoms with van der Waals surface area (Å²) in [6.07, 6.45) is 3.30. The number of rotatable bonds is 4. The Bertz CT molecular complexity index is 482. The Kier molecular flexibility index (Phi) is 3.69. The van der Waals surface area contributed by atoms with Gasteiger partial charge in [0.1, 0.15) is 5.75 Å². The van der Waals surface area contributed by atoms with Crippen LogP contribution in [0, 0.1) is 5.41 Å². The summed E-state index contributed by atoms with van der Waals surface area (Å²) in [5.41, 5.74) is 1.28. The van der Waals surface area contributed by atoms with Crippen LogP contribution in [0.3, 0.4) is 0 Å². The fourth-order valence-electron chi connectivity index (χ4n) is 2.74. The first-order chi connectivity index (χ1) is 8.91. The van der Waals surface area contributed by atoms with Crippen LogP contribution in [-0.2, 0) is 0 Å². The van der Waals surface area contributed by atoms with Gasteiger partial charge in [-0.1, -0.05) is 13.8 Å². The first-order valence-electron chi connectivity index (χ1n) is 6.59. The molecule has 4 nitrogen and oxygen atoms in total. The van der Waals surface area contributed by atoms with E-state index < -0.39 is 5.97 Å². The molecule has 2 rings (SSSR count). The number of anilines is 1. The molecule has 0 amide bonds. The van der Waals surface area contributed by atoms with E-state index in [4.69, 9.17) is 4.74 Å². The molecule has 1 fully saturated rings. The first kappa shape index (κ1) is 13.7. The van der Waals surface area contributed by atoms with E-state index in [1.165, 1.54) is 0 Å². The van der Waals surface area contributed by atoms with Gasteiger partial charge in [0.25, 0.3) is 0 Å². The average molecular weight is 263 g/mol. The summed E-state index contributed by atoms with van der Waals surface area (Å²) in [6.45, 7) is 4.50. The van der Waals surface area contributed by atoms with Gasteiger partial charge in [-0.3, -0.25) is 0 Å². The van der Waals surface area contributed by atoms with Crippen LogP contribution in [0.4, 0.5) is 5.69 Å². The molecule has 0 aliphatic heterocycles. The summed E-state index contributed by atoms with van der Waals surface area (Å²) in [5.74, 6) is -0.243. The SMILES string of the molecule is COc1ccc(C(=O)O)c(NC2CCC(C)(C)C2)c1. The number of nitrogens with one attached hydrogen (secondary N) is 1. The summed E-state index contributed by atoms with van der Waals surface area (Å²) in [4.78, 5) is 11.2. The highest BCUT2D eigenvalue weighted by atomic mass is 16.5. The normalized spacial score (nSPS) is 21.1. The van der Waals surface area contributed by atoms with Crippen LogP contribution in [-0.4, -0.2) is 24.2 Å². The fourth-order valence-corrected chi connectivity index (χ4v) is 2.74. The maximum atomic E-state index is 11.2. The molecule has 0 aromatic heterocycles. The van der Waals surface area contributed by atoms with Crippen LogP contribution < -0.4 is 10.1 Å². The topological polar surface area (TPSA) is 58.6 Å². The Morgan fingerprint density at radius 2 is 2.21 bits per heavy atom. The van der Waals surface area contributed by atoms with Crippen LogP contribution >= 0.6 is 0 Å². The van der Waals surface area contributed by atoms with Crippen molar-refractivity contribution in [1.82, 2.24) is 0 Å². The van der Waals surface area contributed by atoms with Gasteiger partial charge in [0.05, 0.1) is 18.4 Å². The number of carboxylic acid groups (broad SMARTS) is 1. The quantitative estimate of drug-likeness (QED) is 0.874. The summed E-state index contributed by atoms with van der Waals surface area (Å²) in [6, 6.07) is 5.35. The molecule has 1 aromatic carbocycles. The second kappa shape index (κ2) is 5.11. The van der Waals surface area contributed by atoms with Crippen molar-refractivity contribution in [2.24, 2.45) is 5.41 Å². The number of carbonyl (C=O) groups is 1. The minimum absolute atomic E-state index is 0.297. The van der Waals surface area contributed by atoms with Crippen LogP contribution in [0.5, 0.6) is 5.75 Å². The molecule has 0 spiro atoms. The maximum absolute atomic E-state index is 11.2. The number of aromatic carboxylic acids is 1. The lowest BCUT2D eigenvalue weighted by molar-refractivity contribution is 0.0698. The molecule has 0 saturated heterocycles. The smallest absolute Gasteiger partial charge is 0.337 e. The zero-order chi connectivity index (χ0) is 14.0. The van der Waals surface area contributed by atoms with E-state index in [0.717, 1.165) is 19.3 Å². The molecule has 0 bridgehead atoms. The van der Waals surface area contributed by atoms with E-state index in [0.29, 0.717) is 28.5 Å². The lowest BCUT2D eigenvalue weighted by Crippen LogP contribution is -2.19. The predicted molar refractivity (Wildman–Crippen MR) is 75.0 cm³/mol. The largest absolute Gasteiger partial charge is 0.497 e. The van der Waals surface area contributed by atoms with Crippen LogP contribution in [0.2, 0.25) is 0 Å². The second-order valence-electron chi connectivity index (χ2n) is 5.96. The average Bonchev–Trinajstić information content (AvgIpc) is 2.68. The maximum Gasteiger partial charge on any atom is 0.337 e. The zero-order valence-electron chi connectivity index (χ0n) is 11.7. The number of ether oxygens (including phenoxy) is 1. The molecule has 1 saturated carbocycles. The second-order valence-corrected chi connectivity index (χ2v) is 5.96. The molecule has 19 heavy (non-hydrogen) atoms. The highest BCUT2D eigenvalue weighted by Crippen LogP contribution is 2.39. The predicted octanol–water partition coefficient (Wildman–Crippen LogP) is 3.38. The Morgan fingerprint density at radius 3 is 2.74 bits per heavy atom. The highest BCUT2D eigenvalue weighted by Gasteiger charge is 2.31. The monoisotopic (exact) mass is 263 g/mol. The van der Waals surface area contributed by atoms with E-state index in [1.54, 1.807) is 25.3 Å². The minimum Gasteiger partial charge on any atom is -0.497 e. The summed E-state index contributed by atoms with van der Waals surface area (Å²) >= 11 is 0. The van der Waals surface area contributed by atoms with Gasteiger partial charge in [-0.05, 0) is 36.8 Å². The molecule has 4 heteroatoms. The van der Waals surface area contributed by atoms with Crippen molar-refractivity contribution >= 4 is 11.7 Å². The highest BCUT2D eigenvalue weighted by molar-refractivity contribution is 5.94. The molecule has 1 aliphatic carbocycles. The first-order valence-corrected chi connectivity index (χ1v) is 6.59. The third-order valence-electron chi connectivity index (χ3n) is 3.79. The van der Waals surface area contributed by atoms with Crippen molar-refractivity contribution in [1.29, 1.82) is 0 Å². The van der Waals surface area contributed by atoms with Gasteiger partial charge in [-0.2, -0.15) is 0 Å². The van der Waals surface area contributed by atoms with Gasteiger partial charge in [-0.15, -0.1) is 0 Å². The fraction of sp³-hybridized carbons (Fsp3) is 0.533. The lowest BCUT2D eigenvalue weighted by Gasteiger charge is -2.20. The summed E-state index contributed by atoms with van der Waals surface area (Å²) in [7, 11) is 1.58. The van der Waals surface area contributed by atoms with E-state index in [1.807, 2.05) is 0 Å². The molecule has 104 valence electrons. The van der Waals surface area contributed by atoms with E-state index in [-0.39, 0.29) is 0 Å². The zero-order valence-corrected chi connectivity index (χ0v) is 11.7. The van der Waals surface area contributed by atoms with Crippen LogP contribution in [0.1, 0.15) is 43.5 Å². The van der Waals surface area contributed by atoms with Gasteiger partial charge >= 0.3 is 5.97 Å². The van der Waals surface area contributed by atoms with Crippen molar-refractivity contribution in [2.45, 2.75) is 39.2 Å². The Hall–Kier alpha value is -1.71. The number of benzene rings is 1. The van der Waals surface area contributed by atoms with Gasteiger partial charge in [0.15, 0.2) is 0 Å². The number of methoxy groups -OCH3 is 1. The van der Waals surface area contributed by atoms with Crippen molar-refractivity contribution in [3.63, 3.8) is 0 Å². The molecule has 0 heterocycles. The summed E-state index contributed by atoms with van der Waals surface area (Å²) < 4.78 is 5.16. The van der Waals surface area contributed by atoms with Gasteiger partial charge in [-0.25, -0.2) is 4.79 Å². The van der Waals surface area contributed by atoms with Gasteiger partial charge < -0.3 is 15.2 Å². The van der Waals surface area contributed by atoms with Crippen LogP contribution in [0.25, 0.3) is 0 Å². The van der Waals surface area contributed by atoms with Gasteiger partial charge in [0, 0.05) is 12.1 Å². The Balaban J connectivity index is 2.20. The van der Waals surface area contributed by atoms with Gasteiger partial charge in [0.2, 0.25) is 0 Å². The third-order valence-corrected chi connectivity index (χ3v) is 3.79. The van der Waals surface area contributed by atoms with Crippen molar-refractivity contribution in [3.8, 4) is 5.75 Å². The molecule has 2 N–H and O–H groups in total. The van der Waals surface area contributed by atoms with Crippen molar-refractivity contribution in [2.75, 3.05) is 12.4 Å². The van der Waals surface area contributed by atoms with E-state index >= 15 is 0 Å².